The van der Waals surface area contributed by atoms with Crippen molar-refractivity contribution >= 4 is 0 Å². The lowest BCUT2D eigenvalue weighted by Gasteiger charge is -1.87. The number of rotatable bonds is 4. The number of nitrogens with one attached hydrogen (secondary N) is 1. The van der Waals surface area contributed by atoms with Crippen LogP contribution in [0.15, 0.2) is 0 Å². The molecule has 1 atom stereocenters. The van der Waals surface area contributed by atoms with Gasteiger partial charge in [-0.1, -0.05) is 0 Å². The molecule has 0 amide bonds. The summed E-state index contributed by atoms with van der Waals surface area (Å²) < 4.78 is 0. The van der Waals surface area contributed by atoms with E-state index in [0.29, 0.717) is 18.9 Å². The Hall–Kier alpha value is -1.10. The molecule has 2 fully saturated rings. The van der Waals surface area contributed by atoms with E-state index in [2.05, 4.69) is 22.4 Å². The van der Waals surface area contributed by atoms with E-state index in [-0.39, 0.29) is 0 Å². The van der Waals surface area contributed by atoms with Gasteiger partial charge in [0.05, 0.1) is 12.1 Å². The van der Waals surface area contributed by atoms with Gasteiger partial charge in [0.25, 0.3) is 0 Å². The Bertz CT molecular complexity index is 203. The molecule has 14 heavy (non-hydrogen) atoms. The molecule has 2 rings (SSSR count). The van der Waals surface area contributed by atoms with Crippen molar-refractivity contribution in [3.8, 4) is 12.1 Å². The zero-order valence-corrected chi connectivity index (χ0v) is 8.37. The van der Waals surface area contributed by atoms with Crippen molar-refractivity contribution in [1.82, 2.24) is 10.2 Å². The van der Waals surface area contributed by atoms with E-state index in [4.69, 9.17) is 10.5 Å². The van der Waals surface area contributed by atoms with Gasteiger partial charge in [-0.3, -0.25) is 4.90 Å². The maximum Gasteiger partial charge on any atom is 0.0635 e. The van der Waals surface area contributed by atoms with Crippen LogP contribution in [0.25, 0.3) is 0 Å². The first-order chi connectivity index (χ1) is 6.86. The fraction of sp³-hybridized carbons (Fsp3) is 0.800. The quantitative estimate of drug-likeness (QED) is 0.657. The summed E-state index contributed by atoms with van der Waals surface area (Å²) in [6.07, 6.45) is 2.44. The van der Waals surface area contributed by atoms with E-state index in [1.165, 1.54) is 13.1 Å². The van der Waals surface area contributed by atoms with Gasteiger partial charge in [-0.25, -0.2) is 0 Å². The van der Waals surface area contributed by atoms with Crippen molar-refractivity contribution in [2.75, 3.05) is 26.2 Å². The van der Waals surface area contributed by atoms with Crippen LogP contribution in [-0.2, 0) is 0 Å². The predicted octanol–water partition coefficient (Wildman–Crippen LogP) is 0.478. The van der Waals surface area contributed by atoms with Crippen LogP contribution in [0.2, 0.25) is 0 Å². The van der Waals surface area contributed by atoms with E-state index in [9.17, 15) is 0 Å². The Balaban J connectivity index is 0.000000140. The summed E-state index contributed by atoms with van der Waals surface area (Å²) in [6, 6.07) is 4.88. The van der Waals surface area contributed by atoms with Gasteiger partial charge in [-0.15, -0.1) is 0 Å². The third-order valence-electron chi connectivity index (χ3n) is 2.18. The molecule has 4 nitrogen and oxygen atoms in total. The first-order valence-electron chi connectivity index (χ1n) is 5.06. The van der Waals surface area contributed by atoms with Crippen molar-refractivity contribution in [2.24, 2.45) is 0 Å². The van der Waals surface area contributed by atoms with Crippen molar-refractivity contribution in [3.05, 3.63) is 0 Å². The van der Waals surface area contributed by atoms with Crippen molar-refractivity contribution in [1.29, 1.82) is 10.5 Å². The smallest absolute Gasteiger partial charge is 0.0635 e. The Morgan fingerprint density at radius 1 is 1.21 bits per heavy atom. The van der Waals surface area contributed by atoms with Crippen LogP contribution >= 0.6 is 0 Å². The Morgan fingerprint density at radius 2 is 1.86 bits per heavy atom. The average molecular weight is 192 g/mol. The molecule has 2 aliphatic heterocycles. The number of nitrogens with zero attached hydrogens (tertiary/aromatic N) is 3. The highest BCUT2D eigenvalue weighted by Gasteiger charge is 2.18. The standard InChI is InChI=1S/2C5H8N2/c6-2-1-3-7-4-5-7;6-3-1-2-5-4-7-5/h1,3-5H2;5,7H,1-2,4H2. The van der Waals surface area contributed by atoms with E-state index in [1.54, 1.807) is 0 Å². The lowest BCUT2D eigenvalue weighted by atomic mass is 10.3. The predicted molar refractivity (Wildman–Crippen MR) is 53.3 cm³/mol. The molecule has 0 saturated carbocycles. The van der Waals surface area contributed by atoms with Crippen molar-refractivity contribution < 1.29 is 0 Å². The van der Waals surface area contributed by atoms with Gasteiger partial charge in [-0.05, 0) is 6.42 Å². The highest BCUT2D eigenvalue weighted by atomic mass is 15.2. The molecule has 0 spiro atoms. The molecule has 0 radical (unpaired) electrons. The van der Waals surface area contributed by atoms with E-state index >= 15 is 0 Å². The summed E-state index contributed by atoms with van der Waals surface area (Å²) in [5.74, 6) is 0. The van der Waals surface area contributed by atoms with E-state index in [0.717, 1.165) is 19.5 Å². The molecular weight excluding hydrogens is 176 g/mol. The molecule has 0 aromatic heterocycles. The topological polar surface area (TPSA) is 72.5 Å². The second kappa shape index (κ2) is 6.37. The van der Waals surface area contributed by atoms with Crippen LogP contribution in [0.5, 0.6) is 0 Å². The fourth-order valence-corrected chi connectivity index (χ4v) is 1.03. The van der Waals surface area contributed by atoms with Gasteiger partial charge < -0.3 is 5.32 Å². The highest BCUT2D eigenvalue weighted by molar-refractivity contribution is 4.86. The molecule has 0 aromatic carbocycles. The minimum Gasteiger partial charge on any atom is -0.311 e. The minimum absolute atomic E-state index is 0.680. The van der Waals surface area contributed by atoms with Crippen LogP contribution in [-0.4, -0.2) is 37.1 Å². The zero-order chi connectivity index (χ0) is 10.2. The Morgan fingerprint density at radius 3 is 2.29 bits per heavy atom. The van der Waals surface area contributed by atoms with Crippen LogP contribution in [0.4, 0.5) is 0 Å². The minimum atomic E-state index is 0.680. The molecule has 0 bridgehead atoms. The van der Waals surface area contributed by atoms with Crippen LogP contribution in [0.1, 0.15) is 19.3 Å². The van der Waals surface area contributed by atoms with Gasteiger partial charge in [0, 0.05) is 45.1 Å². The number of hydrogen-bond acceptors (Lipinski definition) is 4. The number of hydrogen-bond donors (Lipinski definition) is 1. The lowest BCUT2D eigenvalue weighted by molar-refractivity contribution is 0.570. The molecule has 2 aliphatic rings. The molecule has 1 unspecified atom stereocenters. The first kappa shape index (κ1) is 11.0. The van der Waals surface area contributed by atoms with Crippen LogP contribution in [0.3, 0.4) is 0 Å². The van der Waals surface area contributed by atoms with Gasteiger partial charge >= 0.3 is 0 Å². The maximum atomic E-state index is 8.07. The summed E-state index contributed by atoms with van der Waals surface area (Å²) in [6.45, 7) is 4.53. The van der Waals surface area contributed by atoms with Gasteiger partial charge in [0.15, 0.2) is 0 Å². The van der Waals surface area contributed by atoms with E-state index < -0.39 is 0 Å². The van der Waals surface area contributed by atoms with Crippen LogP contribution in [0, 0.1) is 22.7 Å². The normalized spacial score (nSPS) is 22.6. The molecule has 0 aliphatic carbocycles. The Labute approximate surface area is 85.1 Å². The lowest BCUT2D eigenvalue weighted by Crippen LogP contribution is -1.95. The summed E-state index contributed by atoms with van der Waals surface area (Å²) in [4.78, 5) is 2.24. The zero-order valence-electron chi connectivity index (χ0n) is 8.37. The third kappa shape index (κ3) is 6.42. The van der Waals surface area contributed by atoms with Gasteiger partial charge in [0.1, 0.15) is 0 Å². The third-order valence-corrected chi connectivity index (χ3v) is 2.18. The molecular formula is C10H16N4. The first-order valence-corrected chi connectivity index (χ1v) is 5.06. The van der Waals surface area contributed by atoms with Crippen molar-refractivity contribution in [2.45, 2.75) is 25.3 Å². The summed E-state index contributed by atoms with van der Waals surface area (Å²) in [7, 11) is 0. The highest BCUT2D eigenvalue weighted by Crippen LogP contribution is 2.03. The SMILES string of the molecule is N#CCCC1CN1.N#CCCN1CC1. The number of nitriles is 2. The van der Waals surface area contributed by atoms with Crippen molar-refractivity contribution in [3.63, 3.8) is 0 Å². The second-order valence-electron chi connectivity index (χ2n) is 3.55. The maximum absolute atomic E-state index is 8.07. The summed E-state index contributed by atoms with van der Waals surface area (Å²) in [5.41, 5.74) is 0. The molecule has 76 valence electrons. The molecule has 4 heteroatoms. The fourth-order valence-electron chi connectivity index (χ4n) is 1.03. The molecule has 1 N–H and O–H groups in total. The average Bonchev–Trinajstić information content (AvgIpc) is 3.04. The molecule has 2 saturated heterocycles. The van der Waals surface area contributed by atoms with Crippen LogP contribution < -0.4 is 5.32 Å². The largest absolute Gasteiger partial charge is 0.311 e. The molecule has 0 aromatic rings. The Kier molecular flexibility index (Phi) is 4.99. The monoisotopic (exact) mass is 192 g/mol. The summed E-state index contributed by atoms with van der Waals surface area (Å²) in [5, 5.41) is 19.2. The van der Waals surface area contributed by atoms with E-state index in [1.807, 2.05) is 0 Å². The molecule has 2 heterocycles. The second-order valence-corrected chi connectivity index (χ2v) is 3.55. The summed E-state index contributed by atoms with van der Waals surface area (Å²) >= 11 is 0. The van der Waals surface area contributed by atoms with Gasteiger partial charge in [-0.2, -0.15) is 10.5 Å². The van der Waals surface area contributed by atoms with Gasteiger partial charge in [0.2, 0.25) is 0 Å².